The molecule has 1 aliphatic rings. The molecule has 37 valence electrons. The molecule has 7 heavy (non-hydrogen) atoms. The fourth-order valence-corrected chi connectivity index (χ4v) is 0.380. The summed E-state index contributed by atoms with van der Waals surface area (Å²) in [5, 5.41) is 10.2. The summed E-state index contributed by atoms with van der Waals surface area (Å²) in [6.07, 6.45) is 2.13. The zero-order chi connectivity index (χ0) is 5.11. The van der Waals surface area contributed by atoms with E-state index in [1.165, 1.54) is 12.4 Å². The van der Waals surface area contributed by atoms with Crippen molar-refractivity contribution < 1.29 is 5.11 Å². The van der Waals surface area contributed by atoms with Crippen LogP contribution in [0, 0.1) is 0 Å². The first-order valence-corrected chi connectivity index (χ1v) is 2.07. The molecule has 1 aliphatic heterocycles. The summed E-state index contributed by atoms with van der Waals surface area (Å²) in [6.45, 7) is 0.302. The van der Waals surface area contributed by atoms with Gasteiger partial charge in [-0.25, -0.2) is 5.11 Å². The highest BCUT2D eigenvalue weighted by molar-refractivity contribution is 6.16. The predicted octanol–water partition coefficient (Wildman–Crippen LogP) is -0.102. The summed E-state index contributed by atoms with van der Waals surface area (Å²) >= 11 is 0. The van der Waals surface area contributed by atoms with E-state index in [4.69, 9.17) is 0 Å². The molecule has 0 aromatic heterocycles. The second-order valence-electron chi connectivity index (χ2n) is 1.27. The van der Waals surface area contributed by atoms with Crippen LogP contribution in [0.15, 0.2) is 9.98 Å². The van der Waals surface area contributed by atoms with Gasteiger partial charge in [0.05, 0.1) is 6.54 Å². The standard InChI is InChI=1S/C4H5N2O/c7-4-3-5-1-2-6-4/h1-2,4H,3H2. The normalized spacial score (nSPS) is 28.4. The lowest BCUT2D eigenvalue weighted by Gasteiger charge is -1.98. The van der Waals surface area contributed by atoms with Gasteiger partial charge in [0.25, 0.3) is 0 Å². The molecule has 1 atom stereocenters. The maximum Gasteiger partial charge on any atom is 0.201 e. The second-order valence-corrected chi connectivity index (χ2v) is 1.27. The molecule has 0 saturated heterocycles. The molecule has 1 rings (SSSR count). The minimum absolute atomic E-state index is 0.302. The van der Waals surface area contributed by atoms with Crippen molar-refractivity contribution in [2.45, 2.75) is 6.23 Å². The van der Waals surface area contributed by atoms with Crippen LogP contribution in [0.25, 0.3) is 0 Å². The Morgan fingerprint density at radius 2 is 2.43 bits per heavy atom. The smallest absolute Gasteiger partial charge is 0.201 e. The largest absolute Gasteiger partial charge is 0.287 e. The van der Waals surface area contributed by atoms with Gasteiger partial charge in [-0.3, -0.25) is 9.98 Å². The molecule has 0 aromatic rings. The van der Waals surface area contributed by atoms with E-state index in [0.29, 0.717) is 6.54 Å². The quantitative estimate of drug-likeness (QED) is 0.405. The van der Waals surface area contributed by atoms with Gasteiger partial charge in [-0.05, 0) is 0 Å². The fourth-order valence-electron chi connectivity index (χ4n) is 0.380. The first kappa shape index (κ1) is 4.46. The highest BCUT2D eigenvalue weighted by atomic mass is 16.3. The van der Waals surface area contributed by atoms with Crippen molar-refractivity contribution in [2.75, 3.05) is 6.54 Å². The van der Waals surface area contributed by atoms with Gasteiger partial charge in [0, 0.05) is 12.4 Å². The molecule has 0 aromatic carbocycles. The molecule has 0 aliphatic carbocycles. The summed E-state index contributed by atoms with van der Waals surface area (Å²) in [6, 6.07) is 0. The Hall–Kier alpha value is -0.700. The van der Waals surface area contributed by atoms with Gasteiger partial charge in [-0.1, -0.05) is 0 Å². The summed E-state index contributed by atoms with van der Waals surface area (Å²) in [5.74, 6) is 0. The zero-order valence-corrected chi connectivity index (χ0v) is 3.74. The second kappa shape index (κ2) is 1.84. The number of hydrogen-bond donors (Lipinski definition) is 0. The third-order valence-corrected chi connectivity index (χ3v) is 0.686. The lowest BCUT2D eigenvalue weighted by atomic mass is 10.5. The predicted molar refractivity (Wildman–Crippen MR) is 26.3 cm³/mol. The minimum Gasteiger partial charge on any atom is -0.287 e. The van der Waals surface area contributed by atoms with Crippen LogP contribution in [-0.4, -0.2) is 25.2 Å². The Labute approximate surface area is 41.4 Å². The van der Waals surface area contributed by atoms with Gasteiger partial charge >= 0.3 is 0 Å². The molecule has 1 radical (unpaired) electrons. The van der Waals surface area contributed by atoms with Crippen molar-refractivity contribution in [3.8, 4) is 0 Å². The van der Waals surface area contributed by atoms with E-state index in [9.17, 15) is 5.11 Å². The van der Waals surface area contributed by atoms with E-state index in [1.807, 2.05) is 0 Å². The SMILES string of the molecule is [O]C1CN=CC=N1. The molecule has 3 heteroatoms. The summed E-state index contributed by atoms with van der Waals surface area (Å²) in [7, 11) is 0. The molecule has 0 spiro atoms. The van der Waals surface area contributed by atoms with Gasteiger partial charge in [0.2, 0.25) is 6.23 Å². The fraction of sp³-hybridized carbons (Fsp3) is 0.500. The molecule has 3 nitrogen and oxygen atoms in total. The third-order valence-electron chi connectivity index (χ3n) is 0.686. The van der Waals surface area contributed by atoms with Gasteiger partial charge in [0.1, 0.15) is 0 Å². The van der Waals surface area contributed by atoms with Crippen molar-refractivity contribution >= 4 is 12.4 Å². The van der Waals surface area contributed by atoms with E-state index in [-0.39, 0.29) is 0 Å². The summed E-state index contributed by atoms with van der Waals surface area (Å²) in [4.78, 5) is 7.17. The number of aliphatic imine (C=N–C) groups is 2. The van der Waals surface area contributed by atoms with E-state index in [1.54, 1.807) is 0 Å². The van der Waals surface area contributed by atoms with Gasteiger partial charge in [-0.2, -0.15) is 0 Å². The van der Waals surface area contributed by atoms with Crippen molar-refractivity contribution in [3.05, 3.63) is 0 Å². The Morgan fingerprint density at radius 1 is 1.57 bits per heavy atom. The first-order valence-electron chi connectivity index (χ1n) is 2.07. The van der Waals surface area contributed by atoms with E-state index in [2.05, 4.69) is 9.98 Å². The molecule has 0 bridgehead atoms. The maximum atomic E-state index is 10.2. The number of hydrogen-bond acceptors (Lipinski definition) is 2. The van der Waals surface area contributed by atoms with Gasteiger partial charge < -0.3 is 0 Å². The Kier molecular flexibility index (Phi) is 1.17. The van der Waals surface area contributed by atoms with Crippen molar-refractivity contribution in [1.82, 2.24) is 0 Å². The lowest BCUT2D eigenvalue weighted by molar-refractivity contribution is 0.105. The van der Waals surface area contributed by atoms with Crippen LogP contribution in [0.4, 0.5) is 0 Å². The van der Waals surface area contributed by atoms with Crippen LogP contribution < -0.4 is 0 Å². The van der Waals surface area contributed by atoms with E-state index in [0.717, 1.165) is 0 Å². The Balaban J connectivity index is 2.49. The Bertz CT molecular complexity index is 108. The lowest BCUT2D eigenvalue weighted by Crippen LogP contribution is -2.09. The average Bonchev–Trinajstić information content (AvgIpc) is 1.69. The first-order chi connectivity index (χ1) is 3.39. The zero-order valence-electron chi connectivity index (χ0n) is 3.74. The average molecular weight is 97.1 g/mol. The van der Waals surface area contributed by atoms with Gasteiger partial charge in [0.15, 0.2) is 0 Å². The van der Waals surface area contributed by atoms with Crippen LogP contribution in [0.1, 0.15) is 0 Å². The topological polar surface area (TPSA) is 44.6 Å². The molecular weight excluding hydrogens is 92.1 g/mol. The van der Waals surface area contributed by atoms with Crippen LogP contribution in [0.3, 0.4) is 0 Å². The van der Waals surface area contributed by atoms with Crippen LogP contribution in [0.2, 0.25) is 0 Å². The number of rotatable bonds is 0. The van der Waals surface area contributed by atoms with E-state index < -0.39 is 6.23 Å². The molecule has 0 amide bonds. The van der Waals surface area contributed by atoms with Crippen LogP contribution in [0.5, 0.6) is 0 Å². The monoisotopic (exact) mass is 97.0 g/mol. The Morgan fingerprint density at radius 3 is 2.71 bits per heavy atom. The molecule has 0 saturated carbocycles. The highest BCUT2D eigenvalue weighted by Gasteiger charge is 1.99. The van der Waals surface area contributed by atoms with Crippen molar-refractivity contribution in [2.24, 2.45) is 9.98 Å². The molecule has 1 heterocycles. The molecule has 0 fully saturated rings. The third kappa shape index (κ3) is 1.08. The molecular formula is C4H5N2O. The van der Waals surface area contributed by atoms with Crippen molar-refractivity contribution in [3.63, 3.8) is 0 Å². The number of nitrogens with zero attached hydrogens (tertiary/aromatic N) is 2. The van der Waals surface area contributed by atoms with Crippen molar-refractivity contribution in [1.29, 1.82) is 0 Å². The molecule has 0 N–H and O–H groups in total. The minimum atomic E-state index is -0.843. The summed E-state index contributed by atoms with van der Waals surface area (Å²) < 4.78 is 0. The molecule has 1 unspecified atom stereocenters. The maximum absolute atomic E-state index is 10.2. The highest BCUT2D eigenvalue weighted by Crippen LogP contribution is 1.88. The van der Waals surface area contributed by atoms with E-state index >= 15 is 0 Å². The van der Waals surface area contributed by atoms with Gasteiger partial charge in [-0.15, -0.1) is 0 Å². The van der Waals surface area contributed by atoms with Crippen LogP contribution >= 0.6 is 0 Å². The summed E-state index contributed by atoms with van der Waals surface area (Å²) in [5.41, 5.74) is 0. The van der Waals surface area contributed by atoms with Crippen LogP contribution in [-0.2, 0) is 5.11 Å².